The molecule has 4 nitrogen and oxygen atoms in total. The first kappa shape index (κ1) is 13.8. The minimum atomic E-state index is -0.958. The molecule has 6 heteroatoms. The molecule has 0 spiro atoms. The van der Waals surface area contributed by atoms with E-state index in [4.69, 9.17) is 16.7 Å². The van der Waals surface area contributed by atoms with Crippen molar-refractivity contribution in [3.8, 4) is 0 Å². The van der Waals surface area contributed by atoms with Crippen LogP contribution < -0.4 is 0 Å². The molecule has 1 aliphatic carbocycles. The molecule has 1 aromatic rings. The summed E-state index contributed by atoms with van der Waals surface area (Å²) in [7, 11) is 1.53. The Labute approximate surface area is 114 Å². The van der Waals surface area contributed by atoms with Crippen LogP contribution in [0.4, 0.5) is 4.39 Å². The number of amides is 1. The van der Waals surface area contributed by atoms with E-state index < -0.39 is 23.6 Å². The molecule has 0 aliphatic heterocycles. The van der Waals surface area contributed by atoms with Gasteiger partial charge in [-0.15, -0.1) is 0 Å². The van der Waals surface area contributed by atoms with Crippen molar-refractivity contribution >= 4 is 23.5 Å². The van der Waals surface area contributed by atoms with Gasteiger partial charge in [-0.2, -0.15) is 0 Å². The number of rotatable bonds is 4. The molecule has 0 heterocycles. The number of benzene rings is 1. The second-order valence-electron chi connectivity index (χ2n) is 4.72. The lowest BCUT2D eigenvalue weighted by Gasteiger charge is -2.17. The van der Waals surface area contributed by atoms with E-state index in [1.54, 1.807) is 0 Å². The number of halogens is 2. The number of hydrogen-bond acceptors (Lipinski definition) is 2. The zero-order valence-electron chi connectivity index (χ0n) is 10.3. The van der Waals surface area contributed by atoms with Gasteiger partial charge in [0.1, 0.15) is 5.82 Å². The highest BCUT2D eigenvalue weighted by atomic mass is 35.5. The summed E-state index contributed by atoms with van der Waals surface area (Å²) in [4.78, 5) is 24.0. The van der Waals surface area contributed by atoms with E-state index >= 15 is 0 Å². The smallest absolute Gasteiger partial charge is 0.307 e. The molecule has 1 fully saturated rings. The van der Waals surface area contributed by atoms with Crippen LogP contribution in [0, 0.1) is 17.7 Å². The van der Waals surface area contributed by atoms with Crippen molar-refractivity contribution in [1.29, 1.82) is 0 Å². The quantitative estimate of drug-likeness (QED) is 0.922. The van der Waals surface area contributed by atoms with Crippen molar-refractivity contribution in [2.75, 3.05) is 7.05 Å². The van der Waals surface area contributed by atoms with E-state index in [-0.39, 0.29) is 12.5 Å². The maximum absolute atomic E-state index is 13.5. The Kier molecular flexibility index (Phi) is 3.75. The molecular weight excluding hydrogens is 273 g/mol. The van der Waals surface area contributed by atoms with Crippen molar-refractivity contribution in [1.82, 2.24) is 4.90 Å². The van der Waals surface area contributed by atoms with Crippen LogP contribution in [0.15, 0.2) is 18.2 Å². The number of nitrogens with zero attached hydrogens (tertiary/aromatic N) is 1. The molecule has 0 aromatic heterocycles. The molecule has 2 unspecified atom stereocenters. The fourth-order valence-corrected chi connectivity index (χ4v) is 2.22. The second kappa shape index (κ2) is 5.17. The van der Waals surface area contributed by atoms with E-state index in [0.29, 0.717) is 17.0 Å². The fourth-order valence-electron chi connectivity index (χ4n) is 2.02. The van der Waals surface area contributed by atoms with Crippen LogP contribution in [-0.2, 0) is 16.1 Å². The monoisotopic (exact) mass is 285 g/mol. The average Bonchev–Trinajstić information content (AvgIpc) is 3.13. The molecule has 2 atom stereocenters. The van der Waals surface area contributed by atoms with Crippen LogP contribution in [0.25, 0.3) is 0 Å². The van der Waals surface area contributed by atoms with Gasteiger partial charge in [0, 0.05) is 24.2 Å². The number of carbonyl (C=O) groups is 2. The van der Waals surface area contributed by atoms with Gasteiger partial charge in [0.25, 0.3) is 0 Å². The highest BCUT2D eigenvalue weighted by molar-refractivity contribution is 6.30. The summed E-state index contributed by atoms with van der Waals surface area (Å²) in [5.41, 5.74) is 0.316. The van der Waals surface area contributed by atoms with Gasteiger partial charge in [0.15, 0.2) is 0 Å². The number of hydrogen-bond donors (Lipinski definition) is 1. The van der Waals surface area contributed by atoms with Gasteiger partial charge in [-0.1, -0.05) is 11.6 Å². The first-order chi connectivity index (χ1) is 8.90. The van der Waals surface area contributed by atoms with Gasteiger partial charge < -0.3 is 10.0 Å². The van der Waals surface area contributed by atoms with Crippen LogP contribution in [0.1, 0.15) is 12.0 Å². The summed E-state index contributed by atoms with van der Waals surface area (Å²) in [6.45, 7) is 0.0774. The second-order valence-corrected chi connectivity index (χ2v) is 5.15. The lowest BCUT2D eigenvalue weighted by atomic mass is 10.2. The minimum Gasteiger partial charge on any atom is -0.481 e. The largest absolute Gasteiger partial charge is 0.481 e. The Morgan fingerprint density at radius 2 is 2.16 bits per heavy atom. The van der Waals surface area contributed by atoms with E-state index in [2.05, 4.69) is 0 Å². The molecule has 19 heavy (non-hydrogen) atoms. The minimum absolute atomic E-state index is 0.0774. The predicted molar refractivity (Wildman–Crippen MR) is 67.1 cm³/mol. The van der Waals surface area contributed by atoms with Crippen LogP contribution in [-0.4, -0.2) is 28.9 Å². The molecule has 102 valence electrons. The maximum atomic E-state index is 13.5. The molecule has 1 aliphatic rings. The van der Waals surface area contributed by atoms with Gasteiger partial charge >= 0.3 is 5.97 Å². The third-order valence-corrected chi connectivity index (χ3v) is 3.45. The summed E-state index contributed by atoms with van der Waals surface area (Å²) < 4.78 is 13.5. The standard InChI is InChI=1S/C13H13ClFNO3/c1-16(12(17)9-5-10(9)13(18)19)6-7-4-8(14)2-3-11(7)15/h2-4,9-10H,5-6H2,1H3,(H,18,19). The summed E-state index contributed by atoms with van der Waals surface area (Å²) in [5, 5.41) is 9.17. The third kappa shape index (κ3) is 3.04. The third-order valence-electron chi connectivity index (χ3n) is 3.22. The number of carbonyl (C=O) groups excluding carboxylic acids is 1. The first-order valence-electron chi connectivity index (χ1n) is 5.82. The molecule has 0 radical (unpaired) electrons. The molecule has 1 saturated carbocycles. The van der Waals surface area contributed by atoms with Gasteiger partial charge in [-0.25, -0.2) is 4.39 Å². The van der Waals surface area contributed by atoms with E-state index in [9.17, 15) is 14.0 Å². The van der Waals surface area contributed by atoms with Crippen LogP contribution in [0.3, 0.4) is 0 Å². The van der Waals surface area contributed by atoms with Gasteiger partial charge in [-0.05, 0) is 24.6 Å². The van der Waals surface area contributed by atoms with E-state index in [1.807, 2.05) is 0 Å². The van der Waals surface area contributed by atoms with Gasteiger partial charge in [0.2, 0.25) is 5.91 Å². The Hall–Kier alpha value is -1.62. The molecule has 0 bridgehead atoms. The van der Waals surface area contributed by atoms with E-state index in [1.165, 1.54) is 30.1 Å². The van der Waals surface area contributed by atoms with Crippen LogP contribution in [0.5, 0.6) is 0 Å². The van der Waals surface area contributed by atoms with Gasteiger partial charge in [-0.3, -0.25) is 9.59 Å². The lowest BCUT2D eigenvalue weighted by Crippen LogP contribution is -2.29. The Morgan fingerprint density at radius 3 is 2.74 bits per heavy atom. The molecule has 0 saturated heterocycles. The van der Waals surface area contributed by atoms with Crippen LogP contribution >= 0.6 is 11.6 Å². The number of carboxylic acid groups (broad SMARTS) is 1. The zero-order valence-corrected chi connectivity index (χ0v) is 11.0. The summed E-state index contributed by atoms with van der Waals surface area (Å²) in [6.07, 6.45) is 0.358. The Balaban J connectivity index is 2.01. The van der Waals surface area contributed by atoms with E-state index in [0.717, 1.165) is 0 Å². The first-order valence-corrected chi connectivity index (χ1v) is 6.19. The van der Waals surface area contributed by atoms with Crippen molar-refractivity contribution in [3.05, 3.63) is 34.6 Å². The molecule has 1 aromatic carbocycles. The van der Waals surface area contributed by atoms with Crippen molar-refractivity contribution in [2.45, 2.75) is 13.0 Å². The fraction of sp³-hybridized carbons (Fsp3) is 0.385. The normalized spacial score (nSPS) is 21.0. The highest BCUT2D eigenvalue weighted by Crippen LogP contribution is 2.40. The number of aliphatic carboxylic acids is 1. The molecule has 1 N–H and O–H groups in total. The van der Waals surface area contributed by atoms with Gasteiger partial charge in [0.05, 0.1) is 11.8 Å². The SMILES string of the molecule is CN(Cc1cc(Cl)ccc1F)C(=O)C1CC1C(=O)O. The molecule has 1 amide bonds. The zero-order chi connectivity index (χ0) is 14.2. The van der Waals surface area contributed by atoms with Crippen LogP contribution in [0.2, 0.25) is 5.02 Å². The maximum Gasteiger partial charge on any atom is 0.307 e. The van der Waals surface area contributed by atoms with Crippen molar-refractivity contribution in [3.63, 3.8) is 0 Å². The summed E-state index contributed by atoms with van der Waals surface area (Å²) in [5.74, 6) is -2.74. The topological polar surface area (TPSA) is 57.6 Å². The average molecular weight is 286 g/mol. The Morgan fingerprint density at radius 1 is 1.47 bits per heavy atom. The predicted octanol–water partition coefficient (Wildman–Crippen LogP) is 2.16. The van der Waals surface area contributed by atoms with Crippen molar-refractivity contribution in [2.24, 2.45) is 11.8 Å². The number of carboxylic acids is 1. The molecular formula is C13H13ClFNO3. The summed E-state index contributed by atoms with van der Waals surface area (Å²) in [6, 6.07) is 4.14. The molecule has 2 rings (SSSR count). The van der Waals surface area contributed by atoms with Crippen molar-refractivity contribution < 1.29 is 19.1 Å². The summed E-state index contributed by atoms with van der Waals surface area (Å²) >= 11 is 5.77. The highest BCUT2D eigenvalue weighted by Gasteiger charge is 2.49. The Bertz CT molecular complexity index is 535. The lowest BCUT2D eigenvalue weighted by molar-refractivity contribution is -0.141.